The molecule has 1 aromatic rings. The van der Waals surface area contributed by atoms with Gasteiger partial charge < -0.3 is 19.3 Å². The van der Waals surface area contributed by atoms with Crippen molar-refractivity contribution in [3.63, 3.8) is 0 Å². The standard InChI is InChI=1S/C26H40O5/c1-5-26(6-2)30-19-25(31-26)21(4)13-15-23(27)14-12-20(3)24(28)16-17-29-18-22-10-8-7-9-11-22/h7-11,13,15,20-21,24-25,28H,5-6,12,14,16-19H2,1-4H3/b15-13+/t20-,21-,24+,25-/m0/s1. The highest BCUT2D eigenvalue weighted by molar-refractivity contribution is 5.89. The molecule has 1 fully saturated rings. The molecule has 1 heterocycles. The number of hydrogen-bond donors (Lipinski definition) is 1. The maximum Gasteiger partial charge on any atom is 0.168 e. The van der Waals surface area contributed by atoms with Crippen LogP contribution in [0.15, 0.2) is 42.5 Å². The first kappa shape index (κ1) is 25.7. The van der Waals surface area contributed by atoms with E-state index >= 15 is 0 Å². The molecule has 2 rings (SSSR count). The van der Waals surface area contributed by atoms with Crippen molar-refractivity contribution >= 4 is 5.78 Å². The topological polar surface area (TPSA) is 65.0 Å². The molecule has 1 aromatic carbocycles. The maximum atomic E-state index is 12.3. The molecular formula is C26H40O5. The Morgan fingerprint density at radius 2 is 1.94 bits per heavy atom. The van der Waals surface area contributed by atoms with E-state index in [-0.39, 0.29) is 23.7 Å². The van der Waals surface area contributed by atoms with Crippen molar-refractivity contribution < 1.29 is 24.1 Å². The van der Waals surface area contributed by atoms with Crippen LogP contribution in [0.25, 0.3) is 0 Å². The van der Waals surface area contributed by atoms with E-state index in [0.717, 1.165) is 18.4 Å². The second kappa shape index (κ2) is 13.1. The van der Waals surface area contributed by atoms with Gasteiger partial charge >= 0.3 is 0 Å². The van der Waals surface area contributed by atoms with Gasteiger partial charge in [-0.2, -0.15) is 0 Å². The van der Waals surface area contributed by atoms with Crippen LogP contribution in [0.1, 0.15) is 65.4 Å². The molecule has 5 heteroatoms. The van der Waals surface area contributed by atoms with Gasteiger partial charge in [-0.1, -0.05) is 64.1 Å². The highest BCUT2D eigenvalue weighted by atomic mass is 16.7. The summed E-state index contributed by atoms with van der Waals surface area (Å²) in [6.45, 7) is 9.81. The predicted molar refractivity (Wildman–Crippen MR) is 123 cm³/mol. The second-order valence-electron chi connectivity index (χ2n) is 8.68. The molecule has 0 aliphatic carbocycles. The molecule has 0 saturated carbocycles. The minimum atomic E-state index is -0.466. The summed E-state index contributed by atoms with van der Waals surface area (Å²) in [5.74, 6) is -0.208. The molecule has 31 heavy (non-hydrogen) atoms. The van der Waals surface area contributed by atoms with Crippen LogP contribution in [0, 0.1) is 11.8 Å². The fourth-order valence-electron chi connectivity index (χ4n) is 3.74. The Labute approximate surface area is 187 Å². The minimum absolute atomic E-state index is 0.0134. The Hall–Kier alpha value is -1.53. The van der Waals surface area contributed by atoms with E-state index in [1.807, 2.05) is 43.3 Å². The lowest BCUT2D eigenvalue weighted by atomic mass is 9.95. The predicted octanol–water partition coefficient (Wildman–Crippen LogP) is 5.06. The normalized spacial score (nSPS) is 21.3. The van der Waals surface area contributed by atoms with Crippen molar-refractivity contribution in [1.82, 2.24) is 0 Å². The van der Waals surface area contributed by atoms with Crippen molar-refractivity contribution in [1.29, 1.82) is 0 Å². The molecule has 1 N–H and O–H groups in total. The highest BCUT2D eigenvalue weighted by Gasteiger charge is 2.39. The quantitative estimate of drug-likeness (QED) is 0.329. The zero-order valence-corrected chi connectivity index (χ0v) is 19.6. The molecule has 1 aliphatic rings. The lowest BCUT2D eigenvalue weighted by Gasteiger charge is -2.25. The molecule has 0 amide bonds. The molecule has 4 atom stereocenters. The van der Waals surface area contributed by atoms with Gasteiger partial charge in [0.15, 0.2) is 11.6 Å². The van der Waals surface area contributed by atoms with Crippen LogP contribution < -0.4 is 0 Å². The smallest absolute Gasteiger partial charge is 0.168 e. The average Bonchev–Trinajstić information content (AvgIpc) is 3.24. The van der Waals surface area contributed by atoms with Gasteiger partial charge in [-0.15, -0.1) is 0 Å². The van der Waals surface area contributed by atoms with Gasteiger partial charge in [-0.05, 0) is 43.2 Å². The largest absolute Gasteiger partial charge is 0.393 e. The van der Waals surface area contributed by atoms with Gasteiger partial charge in [0.1, 0.15) is 0 Å². The van der Waals surface area contributed by atoms with Crippen molar-refractivity contribution in [3.8, 4) is 0 Å². The average molecular weight is 433 g/mol. The Balaban J connectivity index is 1.63. The summed E-state index contributed by atoms with van der Waals surface area (Å²) >= 11 is 0. The Morgan fingerprint density at radius 1 is 1.23 bits per heavy atom. The van der Waals surface area contributed by atoms with Crippen molar-refractivity contribution in [2.75, 3.05) is 13.2 Å². The van der Waals surface area contributed by atoms with E-state index in [4.69, 9.17) is 14.2 Å². The third-order valence-corrected chi connectivity index (χ3v) is 6.30. The Kier molecular flexibility index (Phi) is 10.9. The van der Waals surface area contributed by atoms with Gasteiger partial charge in [-0.3, -0.25) is 4.79 Å². The van der Waals surface area contributed by atoms with Crippen molar-refractivity contribution in [2.24, 2.45) is 11.8 Å². The minimum Gasteiger partial charge on any atom is -0.393 e. The second-order valence-corrected chi connectivity index (χ2v) is 8.68. The monoisotopic (exact) mass is 432 g/mol. The third-order valence-electron chi connectivity index (χ3n) is 6.30. The number of ketones is 1. The van der Waals surface area contributed by atoms with Crippen LogP contribution in [0.5, 0.6) is 0 Å². The summed E-state index contributed by atoms with van der Waals surface area (Å²) in [5.41, 5.74) is 1.13. The van der Waals surface area contributed by atoms with E-state index < -0.39 is 11.9 Å². The van der Waals surface area contributed by atoms with Gasteiger partial charge in [0.2, 0.25) is 0 Å². The summed E-state index contributed by atoms with van der Waals surface area (Å²) in [6.07, 6.45) is 6.43. The number of allylic oxidation sites excluding steroid dienone is 1. The summed E-state index contributed by atoms with van der Waals surface area (Å²) in [7, 11) is 0. The molecule has 5 nitrogen and oxygen atoms in total. The number of ether oxygens (including phenoxy) is 3. The molecule has 0 spiro atoms. The van der Waals surface area contributed by atoms with Crippen molar-refractivity contribution in [2.45, 2.75) is 84.4 Å². The summed E-state index contributed by atoms with van der Waals surface area (Å²) in [5, 5.41) is 10.3. The number of aliphatic hydroxyl groups is 1. The third kappa shape index (κ3) is 8.49. The van der Waals surface area contributed by atoms with Gasteiger partial charge in [0.25, 0.3) is 0 Å². The first-order valence-corrected chi connectivity index (χ1v) is 11.7. The van der Waals surface area contributed by atoms with Crippen LogP contribution >= 0.6 is 0 Å². The molecule has 0 unspecified atom stereocenters. The SMILES string of the molecule is CCC1(CC)OC[C@@H]([C@@H](C)/C=C/C(=O)CC[C@H](C)[C@H](O)CCOCc2ccccc2)O1. The fraction of sp³-hybridized carbons (Fsp3) is 0.654. The van der Waals surface area contributed by atoms with Gasteiger partial charge in [0.05, 0.1) is 25.4 Å². The van der Waals surface area contributed by atoms with Crippen LogP contribution in [0.3, 0.4) is 0 Å². The van der Waals surface area contributed by atoms with E-state index in [2.05, 4.69) is 20.8 Å². The molecule has 0 aromatic heterocycles. The summed E-state index contributed by atoms with van der Waals surface area (Å²) in [4.78, 5) is 12.3. The van der Waals surface area contributed by atoms with Gasteiger partial charge in [0, 0.05) is 18.9 Å². The summed E-state index contributed by atoms with van der Waals surface area (Å²) < 4.78 is 17.6. The zero-order valence-electron chi connectivity index (χ0n) is 19.6. The number of aliphatic hydroxyl groups excluding tert-OH is 1. The van der Waals surface area contributed by atoms with Crippen LogP contribution in [0.2, 0.25) is 0 Å². The highest BCUT2D eigenvalue weighted by Crippen LogP contribution is 2.33. The number of benzene rings is 1. The number of hydrogen-bond acceptors (Lipinski definition) is 5. The number of carbonyl (C=O) groups excluding carboxylic acids is 1. The molecule has 1 saturated heterocycles. The molecule has 0 radical (unpaired) electrons. The van der Waals surface area contributed by atoms with Crippen LogP contribution in [0.4, 0.5) is 0 Å². The number of carbonyl (C=O) groups is 1. The Bertz CT molecular complexity index is 668. The molecule has 174 valence electrons. The van der Waals surface area contributed by atoms with E-state index in [1.54, 1.807) is 6.08 Å². The van der Waals surface area contributed by atoms with Crippen molar-refractivity contribution in [3.05, 3.63) is 48.0 Å². The van der Waals surface area contributed by atoms with Crippen LogP contribution in [-0.2, 0) is 25.6 Å². The zero-order chi connectivity index (χ0) is 22.7. The fourth-order valence-corrected chi connectivity index (χ4v) is 3.74. The van der Waals surface area contributed by atoms with E-state index in [0.29, 0.717) is 39.1 Å². The first-order chi connectivity index (χ1) is 14.9. The first-order valence-electron chi connectivity index (χ1n) is 11.7. The molecule has 0 bridgehead atoms. The summed E-state index contributed by atoms with van der Waals surface area (Å²) in [6, 6.07) is 10.00. The molecular weight excluding hydrogens is 392 g/mol. The van der Waals surface area contributed by atoms with Crippen LogP contribution in [-0.4, -0.2) is 42.1 Å². The lowest BCUT2D eigenvalue weighted by Crippen LogP contribution is -2.30. The maximum absolute atomic E-state index is 12.3. The molecule has 1 aliphatic heterocycles. The van der Waals surface area contributed by atoms with Gasteiger partial charge in [-0.25, -0.2) is 0 Å². The van der Waals surface area contributed by atoms with E-state index in [1.165, 1.54) is 0 Å². The Morgan fingerprint density at radius 3 is 2.58 bits per heavy atom. The number of rotatable bonds is 14. The van der Waals surface area contributed by atoms with E-state index in [9.17, 15) is 9.90 Å². The lowest BCUT2D eigenvalue weighted by molar-refractivity contribution is -0.174.